The highest BCUT2D eigenvalue weighted by atomic mass is 16.5. The van der Waals surface area contributed by atoms with Gasteiger partial charge in [0, 0.05) is 12.3 Å². The van der Waals surface area contributed by atoms with Crippen molar-refractivity contribution in [2.24, 2.45) is 5.92 Å². The second-order valence-corrected chi connectivity index (χ2v) is 3.90. The normalized spacial score (nSPS) is 23.8. The minimum Gasteiger partial charge on any atom is -0.469 e. The lowest BCUT2D eigenvalue weighted by Crippen LogP contribution is -2.20. The van der Waals surface area contributed by atoms with Crippen LogP contribution in [-0.4, -0.2) is 18.9 Å². The van der Waals surface area contributed by atoms with Gasteiger partial charge in [-0.1, -0.05) is 19.3 Å². The lowest BCUT2D eigenvalue weighted by atomic mass is 9.88. The number of ketones is 1. The van der Waals surface area contributed by atoms with Crippen molar-refractivity contribution in [3.8, 4) is 0 Å². The van der Waals surface area contributed by atoms with Gasteiger partial charge in [0.25, 0.3) is 0 Å². The molecule has 0 aliphatic heterocycles. The van der Waals surface area contributed by atoms with Crippen molar-refractivity contribution >= 4 is 11.8 Å². The summed E-state index contributed by atoms with van der Waals surface area (Å²) in [5.74, 6) is -0.0956. The molecule has 0 N–H and O–H groups in total. The number of carbonyl (C=O) groups is 2. The van der Waals surface area contributed by atoms with Crippen molar-refractivity contribution in [3.05, 3.63) is 0 Å². The van der Waals surface area contributed by atoms with Crippen LogP contribution in [0.5, 0.6) is 0 Å². The minimum absolute atomic E-state index is 0.0808. The Morgan fingerprint density at radius 1 is 1.36 bits per heavy atom. The van der Waals surface area contributed by atoms with E-state index in [0.29, 0.717) is 6.42 Å². The predicted molar refractivity (Wildman–Crippen MR) is 52.8 cm³/mol. The van der Waals surface area contributed by atoms with Gasteiger partial charge in [0.2, 0.25) is 0 Å². The van der Waals surface area contributed by atoms with Gasteiger partial charge in [-0.3, -0.25) is 9.59 Å². The summed E-state index contributed by atoms with van der Waals surface area (Å²) in [6, 6.07) is 0. The summed E-state index contributed by atoms with van der Waals surface area (Å²) in [5, 5.41) is 0. The third-order valence-electron chi connectivity index (χ3n) is 2.82. The second kappa shape index (κ2) is 5.78. The zero-order valence-electron chi connectivity index (χ0n) is 8.75. The first-order valence-corrected chi connectivity index (χ1v) is 5.33. The molecule has 1 fully saturated rings. The fourth-order valence-corrected chi connectivity index (χ4v) is 1.91. The summed E-state index contributed by atoms with van der Waals surface area (Å²) in [4.78, 5) is 22.7. The summed E-state index contributed by atoms with van der Waals surface area (Å²) in [6.07, 6.45) is 6.15. The number of rotatable bonds is 2. The third kappa shape index (κ3) is 3.48. The quantitative estimate of drug-likeness (QED) is 0.638. The van der Waals surface area contributed by atoms with E-state index in [9.17, 15) is 9.59 Å². The van der Waals surface area contributed by atoms with Crippen LogP contribution in [-0.2, 0) is 14.3 Å². The van der Waals surface area contributed by atoms with Crippen molar-refractivity contribution in [2.45, 2.75) is 44.9 Å². The molecule has 1 aliphatic carbocycles. The van der Waals surface area contributed by atoms with E-state index in [2.05, 4.69) is 4.74 Å². The number of Topliss-reactive ketones (excluding diaryl/α,β-unsaturated/α-hetero) is 1. The molecule has 0 bridgehead atoms. The van der Waals surface area contributed by atoms with Crippen molar-refractivity contribution in [2.75, 3.05) is 7.11 Å². The SMILES string of the molecule is COC(=O)CC1CCCCCCC1=O. The Bertz CT molecular complexity index is 211. The van der Waals surface area contributed by atoms with Gasteiger partial charge in [-0.25, -0.2) is 0 Å². The van der Waals surface area contributed by atoms with Crippen molar-refractivity contribution in [1.82, 2.24) is 0 Å². The summed E-state index contributed by atoms with van der Waals surface area (Å²) in [5.41, 5.74) is 0. The van der Waals surface area contributed by atoms with Crippen LogP contribution in [0.15, 0.2) is 0 Å². The molecular formula is C11H18O3. The smallest absolute Gasteiger partial charge is 0.306 e. The number of hydrogen-bond acceptors (Lipinski definition) is 3. The molecule has 1 atom stereocenters. The molecule has 0 saturated heterocycles. The van der Waals surface area contributed by atoms with Crippen molar-refractivity contribution in [3.63, 3.8) is 0 Å². The number of ether oxygens (including phenoxy) is 1. The number of esters is 1. The third-order valence-corrected chi connectivity index (χ3v) is 2.82. The van der Waals surface area contributed by atoms with E-state index in [1.165, 1.54) is 13.5 Å². The largest absolute Gasteiger partial charge is 0.469 e. The van der Waals surface area contributed by atoms with Gasteiger partial charge < -0.3 is 4.74 Å². The van der Waals surface area contributed by atoms with Gasteiger partial charge in [-0.15, -0.1) is 0 Å². The summed E-state index contributed by atoms with van der Waals surface area (Å²) in [7, 11) is 1.37. The van der Waals surface area contributed by atoms with Crippen LogP contribution < -0.4 is 0 Å². The van der Waals surface area contributed by atoms with E-state index in [-0.39, 0.29) is 24.1 Å². The Balaban J connectivity index is 2.45. The summed E-state index contributed by atoms with van der Waals surface area (Å²) < 4.78 is 4.58. The first kappa shape index (κ1) is 11.2. The van der Waals surface area contributed by atoms with Gasteiger partial charge in [0.05, 0.1) is 13.5 Å². The molecule has 14 heavy (non-hydrogen) atoms. The van der Waals surface area contributed by atoms with Crippen LogP contribution in [0.2, 0.25) is 0 Å². The maximum Gasteiger partial charge on any atom is 0.306 e. The Labute approximate surface area is 84.8 Å². The van der Waals surface area contributed by atoms with E-state index in [1.807, 2.05) is 0 Å². The van der Waals surface area contributed by atoms with Crippen LogP contribution in [0, 0.1) is 5.92 Å². The molecule has 0 amide bonds. The van der Waals surface area contributed by atoms with Gasteiger partial charge in [-0.05, 0) is 12.8 Å². The van der Waals surface area contributed by atoms with Gasteiger partial charge in [0.1, 0.15) is 5.78 Å². The molecule has 0 heterocycles. The molecule has 1 aliphatic rings. The Morgan fingerprint density at radius 2 is 2.07 bits per heavy atom. The minimum atomic E-state index is -0.260. The van der Waals surface area contributed by atoms with E-state index in [0.717, 1.165) is 25.7 Å². The predicted octanol–water partition coefficient (Wildman–Crippen LogP) is 2.09. The Hall–Kier alpha value is -0.860. The second-order valence-electron chi connectivity index (χ2n) is 3.90. The van der Waals surface area contributed by atoms with Crippen LogP contribution in [0.3, 0.4) is 0 Å². The molecule has 3 heteroatoms. The van der Waals surface area contributed by atoms with E-state index in [1.54, 1.807) is 0 Å². The van der Waals surface area contributed by atoms with E-state index < -0.39 is 0 Å². The zero-order chi connectivity index (χ0) is 10.4. The lowest BCUT2D eigenvalue weighted by molar-refractivity contribution is -0.144. The van der Waals surface area contributed by atoms with E-state index >= 15 is 0 Å². The molecule has 0 aromatic rings. The van der Waals surface area contributed by atoms with Crippen molar-refractivity contribution < 1.29 is 14.3 Å². The first-order valence-electron chi connectivity index (χ1n) is 5.33. The average molecular weight is 198 g/mol. The molecule has 0 aromatic carbocycles. The highest BCUT2D eigenvalue weighted by molar-refractivity contribution is 5.85. The van der Waals surface area contributed by atoms with Gasteiger partial charge in [-0.2, -0.15) is 0 Å². The van der Waals surface area contributed by atoms with Gasteiger partial charge in [0.15, 0.2) is 0 Å². The fraction of sp³-hybridized carbons (Fsp3) is 0.818. The number of carbonyl (C=O) groups excluding carboxylic acids is 2. The monoisotopic (exact) mass is 198 g/mol. The Morgan fingerprint density at radius 3 is 2.79 bits per heavy atom. The summed E-state index contributed by atoms with van der Waals surface area (Å²) in [6.45, 7) is 0. The molecular weight excluding hydrogens is 180 g/mol. The van der Waals surface area contributed by atoms with Gasteiger partial charge >= 0.3 is 5.97 Å². The standard InChI is InChI=1S/C11H18O3/c1-14-11(13)8-9-6-4-2-3-5-7-10(9)12/h9H,2-8H2,1H3. The lowest BCUT2D eigenvalue weighted by Gasteiger charge is -2.17. The topological polar surface area (TPSA) is 43.4 Å². The molecule has 1 saturated carbocycles. The molecule has 3 nitrogen and oxygen atoms in total. The van der Waals surface area contributed by atoms with Crippen molar-refractivity contribution in [1.29, 1.82) is 0 Å². The highest BCUT2D eigenvalue weighted by Crippen LogP contribution is 2.22. The molecule has 0 aromatic heterocycles. The first-order chi connectivity index (χ1) is 6.74. The zero-order valence-corrected chi connectivity index (χ0v) is 8.75. The molecule has 1 unspecified atom stereocenters. The average Bonchev–Trinajstić information content (AvgIpc) is 2.17. The number of methoxy groups -OCH3 is 1. The maximum atomic E-state index is 11.6. The molecule has 1 rings (SSSR count). The number of hydrogen-bond donors (Lipinski definition) is 0. The van der Waals surface area contributed by atoms with Crippen LogP contribution >= 0.6 is 0 Å². The molecule has 0 spiro atoms. The fourth-order valence-electron chi connectivity index (χ4n) is 1.91. The van der Waals surface area contributed by atoms with Crippen LogP contribution in [0.1, 0.15) is 44.9 Å². The molecule has 0 radical (unpaired) electrons. The van der Waals surface area contributed by atoms with Crippen LogP contribution in [0.4, 0.5) is 0 Å². The molecule has 80 valence electrons. The van der Waals surface area contributed by atoms with E-state index in [4.69, 9.17) is 0 Å². The van der Waals surface area contributed by atoms with Crippen LogP contribution in [0.25, 0.3) is 0 Å². The Kier molecular flexibility index (Phi) is 4.63. The maximum absolute atomic E-state index is 11.6. The summed E-state index contributed by atoms with van der Waals surface area (Å²) >= 11 is 0. The highest BCUT2D eigenvalue weighted by Gasteiger charge is 2.22.